The summed E-state index contributed by atoms with van der Waals surface area (Å²) in [7, 11) is 2.09. The van der Waals surface area contributed by atoms with Gasteiger partial charge >= 0.3 is 0 Å². The van der Waals surface area contributed by atoms with E-state index in [1.54, 1.807) is 0 Å². The van der Waals surface area contributed by atoms with Crippen molar-refractivity contribution in [3.8, 4) is 0 Å². The number of rotatable bonds is 4. The third-order valence-corrected chi connectivity index (χ3v) is 5.59. The molecule has 27 heavy (non-hydrogen) atoms. The summed E-state index contributed by atoms with van der Waals surface area (Å²) in [6.45, 7) is 4.25. The summed E-state index contributed by atoms with van der Waals surface area (Å²) >= 11 is 0. The minimum atomic E-state index is 0.126. The van der Waals surface area contributed by atoms with Gasteiger partial charge in [-0.3, -0.25) is 9.69 Å². The first kappa shape index (κ1) is 18.1. The zero-order valence-corrected chi connectivity index (χ0v) is 15.8. The molecule has 1 N–H and O–H groups in total. The average Bonchev–Trinajstić information content (AvgIpc) is 3.19. The predicted octanol–water partition coefficient (Wildman–Crippen LogP) is 1.59. The Kier molecular flexibility index (Phi) is 5.50. The highest BCUT2D eigenvalue weighted by Gasteiger charge is 2.31. The monoisotopic (exact) mass is 369 g/mol. The molecule has 144 valence electrons. The first-order valence-electron chi connectivity index (χ1n) is 9.77. The number of nitrogens with zero attached hydrogens (tertiary/aromatic N) is 4. The van der Waals surface area contributed by atoms with E-state index in [4.69, 9.17) is 4.52 Å². The number of benzene rings is 1. The maximum absolute atomic E-state index is 12.7. The third-order valence-electron chi connectivity index (χ3n) is 5.59. The van der Waals surface area contributed by atoms with Gasteiger partial charge in [0.2, 0.25) is 11.8 Å². The average molecular weight is 369 g/mol. The summed E-state index contributed by atoms with van der Waals surface area (Å²) < 4.78 is 5.60. The number of hydrogen-bond acceptors (Lipinski definition) is 6. The molecule has 0 radical (unpaired) electrons. The largest absolute Gasteiger partial charge is 0.342 e. The summed E-state index contributed by atoms with van der Waals surface area (Å²) in [5.74, 6) is 1.71. The van der Waals surface area contributed by atoms with E-state index in [2.05, 4.69) is 27.4 Å². The number of likely N-dealkylation sites (tertiary alicyclic amines) is 1. The van der Waals surface area contributed by atoms with Crippen LogP contribution in [-0.4, -0.2) is 65.6 Å². The van der Waals surface area contributed by atoms with Crippen molar-refractivity contribution in [2.24, 2.45) is 0 Å². The van der Waals surface area contributed by atoms with Gasteiger partial charge in [-0.1, -0.05) is 35.5 Å². The van der Waals surface area contributed by atoms with Gasteiger partial charge in [0.05, 0.1) is 18.4 Å². The molecule has 0 bridgehead atoms. The van der Waals surface area contributed by atoms with E-state index in [-0.39, 0.29) is 17.9 Å². The van der Waals surface area contributed by atoms with Gasteiger partial charge < -0.3 is 14.7 Å². The number of piperidine rings is 1. The lowest BCUT2D eigenvalue weighted by Gasteiger charge is -2.31. The van der Waals surface area contributed by atoms with Crippen LogP contribution >= 0.6 is 0 Å². The van der Waals surface area contributed by atoms with Crippen molar-refractivity contribution >= 4 is 5.91 Å². The Hall–Kier alpha value is -2.25. The Bertz CT molecular complexity index is 763. The van der Waals surface area contributed by atoms with E-state index in [1.807, 2.05) is 35.2 Å². The molecule has 0 spiro atoms. The highest BCUT2D eigenvalue weighted by molar-refractivity contribution is 5.78. The molecule has 1 aromatic carbocycles. The van der Waals surface area contributed by atoms with Gasteiger partial charge in [0.25, 0.3) is 0 Å². The number of carbonyl (C=O) groups is 1. The number of piperazine rings is 1. The second kappa shape index (κ2) is 8.19. The molecular formula is C20H27N5O2. The van der Waals surface area contributed by atoms with Crippen molar-refractivity contribution in [1.82, 2.24) is 25.3 Å². The van der Waals surface area contributed by atoms with Crippen molar-refractivity contribution in [2.75, 3.05) is 39.8 Å². The Morgan fingerprint density at radius 3 is 2.96 bits per heavy atom. The molecule has 2 saturated heterocycles. The number of amides is 1. The molecule has 0 aliphatic carbocycles. The molecule has 0 saturated carbocycles. The smallest absolute Gasteiger partial charge is 0.231 e. The van der Waals surface area contributed by atoms with Crippen molar-refractivity contribution < 1.29 is 9.32 Å². The van der Waals surface area contributed by atoms with E-state index >= 15 is 0 Å². The van der Waals surface area contributed by atoms with Crippen LogP contribution in [0, 0.1) is 0 Å². The highest BCUT2D eigenvalue weighted by atomic mass is 16.5. The standard InChI is InChI=1S/C20H27N5O2/c1-24-11-9-21-13-17(24)19-22-20(27-23-19)16-8-5-10-25(14-16)18(26)12-15-6-3-2-4-7-15/h2-4,6-7,16-17,21H,5,8-14H2,1H3. The normalized spacial score (nSPS) is 24.1. The quantitative estimate of drug-likeness (QED) is 0.882. The number of hydrogen-bond donors (Lipinski definition) is 1. The van der Waals surface area contributed by atoms with Crippen LogP contribution in [0.15, 0.2) is 34.9 Å². The molecule has 2 aromatic rings. The third kappa shape index (κ3) is 4.20. The van der Waals surface area contributed by atoms with E-state index in [0.717, 1.165) is 50.4 Å². The summed E-state index contributed by atoms with van der Waals surface area (Å²) in [5.41, 5.74) is 1.05. The maximum Gasteiger partial charge on any atom is 0.231 e. The molecule has 1 amide bonds. The molecule has 7 nitrogen and oxygen atoms in total. The van der Waals surface area contributed by atoms with Crippen LogP contribution < -0.4 is 5.32 Å². The number of carbonyl (C=O) groups excluding carboxylic acids is 1. The Morgan fingerprint density at radius 1 is 1.30 bits per heavy atom. The van der Waals surface area contributed by atoms with Crippen molar-refractivity contribution in [3.63, 3.8) is 0 Å². The second-order valence-corrected chi connectivity index (χ2v) is 7.53. The van der Waals surface area contributed by atoms with Crippen LogP contribution in [0.25, 0.3) is 0 Å². The SMILES string of the molecule is CN1CCNCC1c1noc(C2CCCN(C(=O)Cc3ccccc3)C2)n1. The molecule has 2 aliphatic rings. The first-order valence-corrected chi connectivity index (χ1v) is 9.77. The maximum atomic E-state index is 12.7. The molecule has 1 aromatic heterocycles. The molecule has 3 heterocycles. The number of nitrogens with one attached hydrogen (secondary N) is 1. The Labute approximate surface area is 159 Å². The van der Waals surface area contributed by atoms with Crippen molar-refractivity contribution in [3.05, 3.63) is 47.6 Å². The number of aromatic nitrogens is 2. The van der Waals surface area contributed by atoms with Crippen LogP contribution in [0.2, 0.25) is 0 Å². The van der Waals surface area contributed by atoms with Gasteiger partial charge in [0, 0.05) is 32.7 Å². The van der Waals surface area contributed by atoms with Crippen molar-refractivity contribution in [1.29, 1.82) is 0 Å². The summed E-state index contributed by atoms with van der Waals surface area (Å²) in [6.07, 6.45) is 2.39. The minimum Gasteiger partial charge on any atom is -0.342 e. The van der Waals surface area contributed by atoms with Crippen LogP contribution in [-0.2, 0) is 11.2 Å². The van der Waals surface area contributed by atoms with E-state index in [1.165, 1.54) is 0 Å². The zero-order valence-electron chi connectivity index (χ0n) is 15.8. The van der Waals surface area contributed by atoms with Gasteiger partial charge in [-0.2, -0.15) is 4.98 Å². The lowest BCUT2D eigenvalue weighted by Crippen LogP contribution is -2.44. The minimum absolute atomic E-state index is 0.126. The molecule has 4 rings (SSSR count). The first-order chi connectivity index (χ1) is 13.2. The molecular weight excluding hydrogens is 342 g/mol. The Morgan fingerprint density at radius 2 is 2.15 bits per heavy atom. The van der Waals surface area contributed by atoms with Crippen LogP contribution in [0.4, 0.5) is 0 Å². The van der Waals surface area contributed by atoms with Gasteiger partial charge in [-0.25, -0.2) is 0 Å². The number of likely N-dealkylation sites (N-methyl/N-ethyl adjacent to an activating group) is 1. The lowest BCUT2D eigenvalue weighted by atomic mass is 9.97. The van der Waals surface area contributed by atoms with Crippen LogP contribution in [0.3, 0.4) is 0 Å². The molecule has 2 atom stereocenters. The summed E-state index contributed by atoms with van der Waals surface area (Å²) in [5, 5.41) is 7.61. The molecule has 2 unspecified atom stereocenters. The van der Waals surface area contributed by atoms with Gasteiger partial charge in [-0.05, 0) is 25.5 Å². The fourth-order valence-electron chi connectivity index (χ4n) is 3.93. The van der Waals surface area contributed by atoms with Crippen molar-refractivity contribution in [2.45, 2.75) is 31.2 Å². The highest BCUT2D eigenvalue weighted by Crippen LogP contribution is 2.28. The molecule has 7 heteroatoms. The zero-order chi connectivity index (χ0) is 18.6. The fourth-order valence-corrected chi connectivity index (χ4v) is 3.93. The van der Waals surface area contributed by atoms with Gasteiger partial charge in [0.1, 0.15) is 0 Å². The van der Waals surface area contributed by atoms with E-state index < -0.39 is 0 Å². The van der Waals surface area contributed by atoms with Gasteiger partial charge in [-0.15, -0.1) is 0 Å². The topological polar surface area (TPSA) is 74.5 Å². The predicted molar refractivity (Wildman–Crippen MR) is 101 cm³/mol. The van der Waals surface area contributed by atoms with E-state index in [9.17, 15) is 4.79 Å². The summed E-state index contributed by atoms with van der Waals surface area (Å²) in [6, 6.07) is 10.1. The van der Waals surface area contributed by atoms with Crippen LogP contribution in [0.1, 0.15) is 42.1 Å². The second-order valence-electron chi connectivity index (χ2n) is 7.53. The van der Waals surface area contributed by atoms with E-state index in [0.29, 0.717) is 18.9 Å². The Balaban J connectivity index is 1.40. The van der Waals surface area contributed by atoms with Crippen LogP contribution in [0.5, 0.6) is 0 Å². The molecule has 2 aliphatic heterocycles. The fraction of sp³-hybridized carbons (Fsp3) is 0.550. The summed E-state index contributed by atoms with van der Waals surface area (Å²) in [4.78, 5) is 21.6. The van der Waals surface area contributed by atoms with Gasteiger partial charge in [0.15, 0.2) is 5.82 Å². The lowest BCUT2D eigenvalue weighted by molar-refractivity contribution is -0.131. The molecule has 2 fully saturated rings.